The molecule has 0 saturated carbocycles. The van der Waals surface area contributed by atoms with Crippen LogP contribution in [0.2, 0.25) is 5.28 Å². The predicted octanol–water partition coefficient (Wildman–Crippen LogP) is 3.18. The fourth-order valence-electron chi connectivity index (χ4n) is 3.66. The van der Waals surface area contributed by atoms with Crippen LogP contribution in [0.3, 0.4) is 0 Å². The predicted molar refractivity (Wildman–Crippen MR) is 115 cm³/mol. The van der Waals surface area contributed by atoms with Crippen LogP contribution >= 0.6 is 11.6 Å². The standard InChI is InChI=1S/C21H22ClN7O/c1-12-7-15(9-16(23)8-12)13(2)26-19-17-11-29(6-4-18(17)27-21(22)28-19)20(30)14-3-5-24-25-10-14/h3,5,7-10,13H,4,6,11,23H2,1-2H3,(H,26,27,28)/t13-/m1/s1. The third-order valence-corrected chi connectivity index (χ3v) is 5.30. The summed E-state index contributed by atoms with van der Waals surface area (Å²) in [6.45, 7) is 4.97. The Morgan fingerprint density at radius 3 is 2.83 bits per heavy atom. The van der Waals surface area contributed by atoms with Gasteiger partial charge >= 0.3 is 0 Å². The molecule has 1 amide bonds. The Labute approximate surface area is 179 Å². The largest absolute Gasteiger partial charge is 0.399 e. The van der Waals surface area contributed by atoms with Crippen molar-refractivity contribution >= 4 is 29.0 Å². The van der Waals surface area contributed by atoms with Crippen LogP contribution in [0, 0.1) is 6.92 Å². The minimum absolute atomic E-state index is 0.0576. The number of rotatable bonds is 4. The van der Waals surface area contributed by atoms with Crippen molar-refractivity contribution in [1.82, 2.24) is 25.1 Å². The van der Waals surface area contributed by atoms with E-state index < -0.39 is 0 Å². The quantitative estimate of drug-likeness (QED) is 0.489. The summed E-state index contributed by atoms with van der Waals surface area (Å²) < 4.78 is 0. The van der Waals surface area contributed by atoms with Gasteiger partial charge in [-0.25, -0.2) is 9.97 Å². The van der Waals surface area contributed by atoms with Gasteiger partial charge < -0.3 is 16.0 Å². The average Bonchev–Trinajstić information content (AvgIpc) is 2.73. The number of anilines is 2. The number of nitrogens with zero attached hydrogens (tertiary/aromatic N) is 5. The number of halogens is 1. The van der Waals surface area contributed by atoms with Crippen molar-refractivity contribution in [3.63, 3.8) is 0 Å². The van der Waals surface area contributed by atoms with Gasteiger partial charge in [0.15, 0.2) is 0 Å². The molecule has 0 bridgehead atoms. The number of carbonyl (C=O) groups is 1. The van der Waals surface area contributed by atoms with Crippen molar-refractivity contribution in [2.75, 3.05) is 17.6 Å². The smallest absolute Gasteiger partial charge is 0.255 e. The molecular weight excluding hydrogens is 402 g/mol. The number of nitrogen functional groups attached to an aromatic ring is 1. The molecule has 8 nitrogen and oxygen atoms in total. The lowest BCUT2D eigenvalue weighted by molar-refractivity contribution is 0.0733. The van der Waals surface area contributed by atoms with Gasteiger partial charge in [0.1, 0.15) is 5.82 Å². The number of aryl methyl sites for hydroxylation is 1. The number of nitrogens with two attached hydrogens (primary N) is 1. The Kier molecular flexibility index (Phi) is 5.50. The zero-order valence-electron chi connectivity index (χ0n) is 16.8. The molecule has 3 aromatic rings. The summed E-state index contributed by atoms with van der Waals surface area (Å²) in [5.41, 5.74) is 11.1. The summed E-state index contributed by atoms with van der Waals surface area (Å²) in [6, 6.07) is 7.54. The SMILES string of the molecule is Cc1cc(N)cc([C@@H](C)Nc2nc(Cl)nc3c2CN(C(=O)c2ccnnc2)CC3)c1. The molecule has 0 radical (unpaired) electrons. The Balaban J connectivity index is 1.61. The summed E-state index contributed by atoms with van der Waals surface area (Å²) >= 11 is 6.18. The van der Waals surface area contributed by atoms with E-state index in [9.17, 15) is 4.79 Å². The van der Waals surface area contributed by atoms with Crippen molar-refractivity contribution in [2.45, 2.75) is 32.9 Å². The zero-order valence-corrected chi connectivity index (χ0v) is 17.5. The number of hydrogen-bond donors (Lipinski definition) is 2. The normalized spacial score (nSPS) is 14.2. The molecule has 0 spiro atoms. The minimum Gasteiger partial charge on any atom is -0.399 e. The van der Waals surface area contributed by atoms with E-state index in [0.29, 0.717) is 36.6 Å². The van der Waals surface area contributed by atoms with Crippen molar-refractivity contribution in [3.8, 4) is 0 Å². The van der Waals surface area contributed by atoms with Gasteiger partial charge in [-0.05, 0) is 54.8 Å². The topological polar surface area (TPSA) is 110 Å². The molecular formula is C21H22ClN7O. The lowest BCUT2D eigenvalue weighted by atomic mass is 10.0. The molecule has 3 N–H and O–H groups in total. The maximum Gasteiger partial charge on any atom is 0.255 e. The lowest BCUT2D eigenvalue weighted by Crippen LogP contribution is -2.37. The lowest BCUT2D eigenvalue weighted by Gasteiger charge is -2.30. The van der Waals surface area contributed by atoms with Gasteiger partial charge in [0.05, 0.1) is 36.2 Å². The fraction of sp³-hybridized carbons (Fsp3) is 0.286. The molecule has 0 saturated heterocycles. The highest BCUT2D eigenvalue weighted by atomic mass is 35.5. The van der Waals surface area contributed by atoms with Gasteiger partial charge in [-0.2, -0.15) is 10.2 Å². The second kappa shape index (κ2) is 8.23. The van der Waals surface area contributed by atoms with E-state index in [2.05, 4.69) is 31.5 Å². The number of amides is 1. The molecule has 1 atom stereocenters. The first-order chi connectivity index (χ1) is 14.4. The molecule has 1 aliphatic rings. The van der Waals surface area contributed by atoms with E-state index in [0.717, 1.165) is 22.4 Å². The van der Waals surface area contributed by atoms with Crippen LogP contribution < -0.4 is 11.1 Å². The molecule has 0 fully saturated rings. The molecule has 154 valence electrons. The third-order valence-electron chi connectivity index (χ3n) is 5.13. The summed E-state index contributed by atoms with van der Waals surface area (Å²) in [5.74, 6) is 0.527. The average molecular weight is 424 g/mol. The van der Waals surface area contributed by atoms with Crippen LogP contribution in [0.15, 0.2) is 36.7 Å². The first-order valence-corrected chi connectivity index (χ1v) is 10.0. The van der Waals surface area contributed by atoms with Crippen molar-refractivity contribution in [1.29, 1.82) is 0 Å². The van der Waals surface area contributed by atoms with Gasteiger partial charge in [0, 0.05) is 24.2 Å². The number of carbonyl (C=O) groups excluding carboxylic acids is 1. The Morgan fingerprint density at radius 2 is 2.10 bits per heavy atom. The first-order valence-electron chi connectivity index (χ1n) is 9.65. The van der Waals surface area contributed by atoms with E-state index in [1.807, 2.05) is 26.0 Å². The number of hydrogen-bond acceptors (Lipinski definition) is 7. The van der Waals surface area contributed by atoms with Crippen LogP contribution in [-0.2, 0) is 13.0 Å². The van der Waals surface area contributed by atoms with Crippen molar-refractivity contribution < 1.29 is 4.79 Å². The van der Waals surface area contributed by atoms with Crippen LogP contribution in [0.4, 0.5) is 11.5 Å². The zero-order chi connectivity index (χ0) is 21.3. The second-order valence-electron chi connectivity index (χ2n) is 7.42. The fourth-order valence-corrected chi connectivity index (χ4v) is 3.84. The highest BCUT2D eigenvalue weighted by molar-refractivity contribution is 6.28. The molecule has 1 aliphatic heterocycles. The van der Waals surface area contributed by atoms with Crippen molar-refractivity contribution in [2.24, 2.45) is 0 Å². The maximum atomic E-state index is 12.9. The molecule has 4 rings (SSSR count). The summed E-state index contributed by atoms with van der Waals surface area (Å²) in [5, 5.41) is 11.1. The molecule has 0 unspecified atom stereocenters. The highest BCUT2D eigenvalue weighted by Gasteiger charge is 2.27. The minimum atomic E-state index is -0.101. The number of aromatic nitrogens is 4. The summed E-state index contributed by atoms with van der Waals surface area (Å²) in [4.78, 5) is 23.4. The molecule has 2 aromatic heterocycles. The number of fused-ring (bicyclic) bond motifs is 1. The summed E-state index contributed by atoms with van der Waals surface area (Å²) in [6.07, 6.45) is 3.58. The van der Waals surface area contributed by atoms with Crippen molar-refractivity contribution in [3.05, 3.63) is 69.9 Å². The van der Waals surface area contributed by atoms with Crippen LogP contribution in [0.5, 0.6) is 0 Å². The maximum absolute atomic E-state index is 12.9. The van der Waals surface area contributed by atoms with E-state index in [1.54, 1.807) is 11.0 Å². The molecule has 3 heterocycles. The first kappa shape index (κ1) is 20.0. The van der Waals surface area contributed by atoms with Crippen LogP contribution in [0.1, 0.15) is 45.7 Å². The Hall–Kier alpha value is -3.26. The second-order valence-corrected chi connectivity index (χ2v) is 7.76. The van der Waals surface area contributed by atoms with Gasteiger partial charge in [-0.15, -0.1) is 0 Å². The monoisotopic (exact) mass is 423 g/mol. The van der Waals surface area contributed by atoms with E-state index in [4.69, 9.17) is 17.3 Å². The van der Waals surface area contributed by atoms with E-state index in [1.165, 1.54) is 12.4 Å². The van der Waals surface area contributed by atoms with E-state index in [-0.39, 0.29) is 17.2 Å². The van der Waals surface area contributed by atoms with Gasteiger partial charge in [-0.3, -0.25) is 4.79 Å². The molecule has 9 heteroatoms. The molecule has 1 aromatic carbocycles. The van der Waals surface area contributed by atoms with Gasteiger partial charge in [0.2, 0.25) is 5.28 Å². The van der Waals surface area contributed by atoms with Gasteiger partial charge in [-0.1, -0.05) is 6.07 Å². The highest BCUT2D eigenvalue weighted by Crippen LogP contribution is 2.29. The van der Waals surface area contributed by atoms with Crippen LogP contribution in [-0.4, -0.2) is 37.5 Å². The number of benzene rings is 1. The van der Waals surface area contributed by atoms with E-state index >= 15 is 0 Å². The molecule has 30 heavy (non-hydrogen) atoms. The Morgan fingerprint density at radius 1 is 1.27 bits per heavy atom. The third kappa shape index (κ3) is 4.18. The van der Waals surface area contributed by atoms with Gasteiger partial charge in [0.25, 0.3) is 5.91 Å². The summed E-state index contributed by atoms with van der Waals surface area (Å²) in [7, 11) is 0. The van der Waals surface area contributed by atoms with Crippen LogP contribution in [0.25, 0.3) is 0 Å². The number of nitrogens with one attached hydrogen (secondary N) is 1. The Bertz CT molecular complexity index is 1070. The molecule has 0 aliphatic carbocycles.